The Kier molecular flexibility index (Phi) is 2.78. The maximum atomic E-state index is 3.75. The summed E-state index contributed by atoms with van der Waals surface area (Å²) >= 11 is 2.03. The zero-order valence-electron chi connectivity index (χ0n) is 11.4. The van der Waals surface area contributed by atoms with E-state index in [9.17, 15) is 0 Å². The molecule has 4 rings (SSSR count). The molecule has 0 radical (unpaired) electrons. The van der Waals surface area contributed by atoms with Gasteiger partial charge in [-0.15, -0.1) is 11.3 Å². The molecule has 1 unspecified atom stereocenters. The van der Waals surface area contributed by atoms with Crippen molar-refractivity contribution in [2.45, 2.75) is 51.6 Å². The van der Waals surface area contributed by atoms with Gasteiger partial charge >= 0.3 is 0 Å². The van der Waals surface area contributed by atoms with Crippen LogP contribution in [0.25, 0.3) is 5.00 Å². The van der Waals surface area contributed by atoms with Gasteiger partial charge in [-0.25, -0.2) is 0 Å². The summed E-state index contributed by atoms with van der Waals surface area (Å²) in [5.74, 6) is 0. The van der Waals surface area contributed by atoms with E-state index in [2.05, 4.69) is 35.1 Å². The first-order chi connectivity index (χ1) is 9.38. The minimum Gasteiger partial charge on any atom is -0.311 e. The molecule has 1 aliphatic carbocycles. The molecule has 2 aromatic rings. The van der Waals surface area contributed by atoms with Crippen LogP contribution in [0.4, 0.5) is 0 Å². The minimum absolute atomic E-state index is 0.494. The number of nitrogens with zero attached hydrogens (tertiary/aromatic N) is 1. The highest BCUT2D eigenvalue weighted by Gasteiger charge is 2.26. The van der Waals surface area contributed by atoms with Gasteiger partial charge in [0.1, 0.15) is 5.00 Å². The molecular weight excluding hydrogens is 252 g/mol. The zero-order chi connectivity index (χ0) is 12.8. The fourth-order valence-electron chi connectivity index (χ4n) is 3.54. The molecule has 1 aliphatic heterocycles. The lowest BCUT2D eigenvalue weighted by Gasteiger charge is -2.16. The van der Waals surface area contributed by atoms with E-state index in [0.717, 1.165) is 13.0 Å². The topological polar surface area (TPSA) is 17.0 Å². The Balaban J connectivity index is 1.90. The molecule has 2 aliphatic rings. The van der Waals surface area contributed by atoms with Crippen molar-refractivity contribution in [1.29, 1.82) is 0 Å². The second kappa shape index (κ2) is 4.50. The van der Waals surface area contributed by atoms with E-state index in [0.29, 0.717) is 6.04 Å². The monoisotopic (exact) mass is 272 g/mol. The van der Waals surface area contributed by atoms with E-state index in [1.807, 2.05) is 11.3 Å². The largest absolute Gasteiger partial charge is 0.311 e. The third-order valence-corrected chi connectivity index (χ3v) is 5.88. The maximum Gasteiger partial charge on any atom is 0.104 e. The van der Waals surface area contributed by atoms with Gasteiger partial charge in [0.05, 0.1) is 0 Å². The molecule has 0 spiro atoms. The predicted octanol–water partition coefficient (Wildman–Crippen LogP) is 3.97. The molecule has 3 heterocycles. The fourth-order valence-corrected chi connectivity index (χ4v) is 4.95. The Morgan fingerprint density at radius 3 is 3.11 bits per heavy atom. The van der Waals surface area contributed by atoms with Gasteiger partial charge in [-0.1, -0.05) is 6.92 Å². The number of aromatic nitrogens is 1. The van der Waals surface area contributed by atoms with Crippen LogP contribution in [-0.4, -0.2) is 4.57 Å². The van der Waals surface area contributed by atoms with Crippen LogP contribution in [-0.2, 0) is 19.4 Å². The summed E-state index contributed by atoms with van der Waals surface area (Å²) in [5.41, 5.74) is 4.67. The highest BCUT2D eigenvalue weighted by Crippen LogP contribution is 2.40. The Bertz CT molecular complexity index is 608. The molecule has 1 atom stereocenters. The van der Waals surface area contributed by atoms with Gasteiger partial charge in [-0.05, 0) is 49.8 Å². The first-order valence-electron chi connectivity index (χ1n) is 7.43. The predicted molar refractivity (Wildman–Crippen MR) is 80.2 cm³/mol. The van der Waals surface area contributed by atoms with E-state index in [1.165, 1.54) is 36.4 Å². The normalized spacial score (nSPS) is 21.4. The summed E-state index contributed by atoms with van der Waals surface area (Å²) in [6, 6.07) is 4.96. The van der Waals surface area contributed by atoms with Crippen molar-refractivity contribution in [3.8, 4) is 5.00 Å². The average Bonchev–Trinajstić information content (AvgIpc) is 3.01. The number of thiophene rings is 1. The molecule has 0 saturated heterocycles. The lowest BCUT2D eigenvalue weighted by molar-refractivity contribution is 0.511. The first-order valence-corrected chi connectivity index (χ1v) is 8.24. The summed E-state index contributed by atoms with van der Waals surface area (Å²) in [6.07, 6.45) is 8.71. The van der Waals surface area contributed by atoms with Gasteiger partial charge in [-0.2, -0.15) is 0 Å². The molecule has 0 amide bonds. The quantitative estimate of drug-likeness (QED) is 0.831. The van der Waals surface area contributed by atoms with Crippen LogP contribution >= 0.6 is 11.3 Å². The van der Waals surface area contributed by atoms with E-state index in [4.69, 9.17) is 0 Å². The number of aryl methyl sites for hydroxylation is 1. The number of hydrogen-bond donors (Lipinski definition) is 1. The summed E-state index contributed by atoms with van der Waals surface area (Å²) in [6.45, 7) is 3.31. The molecule has 3 heteroatoms. The fraction of sp³-hybridized carbons (Fsp3) is 0.500. The smallest absolute Gasteiger partial charge is 0.104 e. The first kappa shape index (κ1) is 11.7. The standard InChI is InChI=1S/C16H20N2S/c1-2-13-14-7-5-9-18(14)16-12(10-17-13)11-6-3-4-8-15(11)19-16/h5,7,9,13,17H,2-4,6,8,10H2,1H3. The Morgan fingerprint density at radius 2 is 2.21 bits per heavy atom. The van der Waals surface area contributed by atoms with Crippen LogP contribution in [0.3, 0.4) is 0 Å². The van der Waals surface area contributed by atoms with Crippen molar-refractivity contribution < 1.29 is 0 Å². The Morgan fingerprint density at radius 1 is 1.32 bits per heavy atom. The van der Waals surface area contributed by atoms with Crippen molar-refractivity contribution in [3.63, 3.8) is 0 Å². The van der Waals surface area contributed by atoms with Gasteiger partial charge in [0, 0.05) is 34.9 Å². The van der Waals surface area contributed by atoms with Crippen molar-refractivity contribution in [2.75, 3.05) is 0 Å². The summed E-state index contributed by atoms with van der Waals surface area (Å²) in [7, 11) is 0. The van der Waals surface area contributed by atoms with Gasteiger partial charge < -0.3 is 9.88 Å². The van der Waals surface area contributed by atoms with Crippen molar-refractivity contribution in [3.05, 3.63) is 40.0 Å². The molecule has 2 aromatic heterocycles. The van der Waals surface area contributed by atoms with E-state index < -0.39 is 0 Å². The van der Waals surface area contributed by atoms with Gasteiger partial charge in [0.15, 0.2) is 0 Å². The third kappa shape index (κ3) is 1.72. The summed E-state index contributed by atoms with van der Waals surface area (Å²) in [5, 5.41) is 5.23. The second-order valence-electron chi connectivity index (χ2n) is 5.64. The molecule has 0 bridgehead atoms. The molecular formula is C16H20N2S. The lowest BCUT2D eigenvalue weighted by atomic mass is 9.95. The van der Waals surface area contributed by atoms with Crippen LogP contribution in [0.15, 0.2) is 18.3 Å². The van der Waals surface area contributed by atoms with E-state index >= 15 is 0 Å². The lowest BCUT2D eigenvalue weighted by Crippen LogP contribution is -2.20. The Hall–Kier alpha value is -1.06. The highest BCUT2D eigenvalue weighted by molar-refractivity contribution is 7.15. The third-order valence-electron chi connectivity index (χ3n) is 4.55. The SMILES string of the molecule is CCC1NCc2c(sc3c2CCCC3)-n2cccc21. The molecule has 0 fully saturated rings. The summed E-state index contributed by atoms with van der Waals surface area (Å²) < 4.78 is 2.44. The maximum absolute atomic E-state index is 3.75. The van der Waals surface area contributed by atoms with Gasteiger partial charge in [0.2, 0.25) is 0 Å². The van der Waals surface area contributed by atoms with Crippen LogP contribution in [0.2, 0.25) is 0 Å². The molecule has 0 saturated carbocycles. The number of nitrogens with one attached hydrogen (secondary N) is 1. The van der Waals surface area contributed by atoms with E-state index in [-0.39, 0.29) is 0 Å². The number of rotatable bonds is 1. The Labute approximate surface area is 118 Å². The zero-order valence-corrected chi connectivity index (χ0v) is 12.2. The summed E-state index contributed by atoms with van der Waals surface area (Å²) in [4.78, 5) is 1.65. The van der Waals surface area contributed by atoms with Crippen molar-refractivity contribution >= 4 is 11.3 Å². The van der Waals surface area contributed by atoms with Crippen LogP contribution in [0, 0.1) is 0 Å². The van der Waals surface area contributed by atoms with Gasteiger partial charge in [-0.3, -0.25) is 0 Å². The molecule has 1 N–H and O–H groups in total. The van der Waals surface area contributed by atoms with Crippen LogP contribution in [0.5, 0.6) is 0 Å². The number of hydrogen-bond acceptors (Lipinski definition) is 2. The van der Waals surface area contributed by atoms with Crippen LogP contribution < -0.4 is 5.32 Å². The van der Waals surface area contributed by atoms with Crippen molar-refractivity contribution in [1.82, 2.24) is 9.88 Å². The molecule has 2 nitrogen and oxygen atoms in total. The average molecular weight is 272 g/mol. The van der Waals surface area contributed by atoms with Crippen LogP contribution in [0.1, 0.15) is 53.9 Å². The molecule has 100 valence electrons. The number of fused-ring (bicyclic) bond motifs is 5. The molecule has 19 heavy (non-hydrogen) atoms. The minimum atomic E-state index is 0.494. The molecule has 0 aromatic carbocycles. The van der Waals surface area contributed by atoms with Gasteiger partial charge in [0.25, 0.3) is 0 Å². The van der Waals surface area contributed by atoms with Crippen molar-refractivity contribution in [2.24, 2.45) is 0 Å². The van der Waals surface area contributed by atoms with E-state index in [1.54, 1.807) is 16.0 Å². The highest BCUT2D eigenvalue weighted by atomic mass is 32.1. The second-order valence-corrected chi connectivity index (χ2v) is 6.72.